The predicted octanol–water partition coefficient (Wildman–Crippen LogP) is 2.62. The lowest BCUT2D eigenvalue weighted by Crippen LogP contribution is -2.16. The number of aromatic nitrogens is 1. The first-order valence-electron chi connectivity index (χ1n) is 5.04. The van der Waals surface area contributed by atoms with Crippen molar-refractivity contribution in [1.82, 2.24) is 4.57 Å². The van der Waals surface area contributed by atoms with E-state index >= 15 is 0 Å². The van der Waals surface area contributed by atoms with Crippen molar-refractivity contribution >= 4 is 27.2 Å². The zero-order valence-electron chi connectivity index (χ0n) is 8.86. The molecule has 80 valence electrons. The summed E-state index contributed by atoms with van der Waals surface area (Å²) < 4.78 is 2.84. The zero-order valence-corrected chi connectivity index (χ0v) is 9.67. The Labute approximate surface area is 92.1 Å². The van der Waals surface area contributed by atoms with Crippen LogP contribution in [-0.2, 0) is 0 Å². The summed E-state index contributed by atoms with van der Waals surface area (Å²) in [4.78, 5) is 11.9. The van der Waals surface area contributed by atoms with Gasteiger partial charge in [-0.15, -0.1) is 0 Å². The summed E-state index contributed by atoms with van der Waals surface area (Å²) in [7, 11) is 0. The van der Waals surface area contributed by atoms with Crippen molar-refractivity contribution in [2.24, 2.45) is 0 Å². The molecule has 0 fully saturated rings. The fourth-order valence-electron chi connectivity index (χ4n) is 1.65. The molecule has 2 rings (SSSR count). The van der Waals surface area contributed by atoms with Crippen LogP contribution in [0.5, 0.6) is 0 Å². The molecule has 3 nitrogen and oxygen atoms in total. The minimum atomic E-state index is 0.102. The maximum atomic E-state index is 11.8. The molecule has 0 radical (unpaired) electrons. The lowest BCUT2D eigenvalue weighted by molar-refractivity contribution is 0.539. The second-order valence-corrected chi connectivity index (χ2v) is 4.72. The van der Waals surface area contributed by atoms with E-state index in [2.05, 4.69) is 13.8 Å². The Kier molecular flexibility index (Phi) is 2.52. The van der Waals surface area contributed by atoms with E-state index < -0.39 is 0 Å². The van der Waals surface area contributed by atoms with Crippen LogP contribution in [0.25, 0.3) is 10.2 Å². The summed E-state index contributed by atoms with van der Waals surface area (Å²) in [5.41, 5.74) is 7.40. The van der Waals surface area contributed by atoms with E-state index in [4.69, 9.17) is 5.73 Å². The monoisotopic (exact) mass is 222 g/mol. The van der Waals surface area contributed by atoms with Crippen LogP contribution in [0.4, 0.5) is 5.69 Å². The summed E-state index contributed by atoms with van der Waals surface area (Å²) in [6.45, 7) is 4.13. The van der Waals surface area contributed by atoms with Crippen LogP contribution in [0.3, 0.4) is 0 Å². The van der Waals surface area contributed by atoms with E-state index in [-0.39, 0.29) is 10.9 Å². The molecular formula is C11H14N2OS. The largest absolute Gasteiger partial charge is 0.399 e. The number of hydrogen-bond acceptors (Lipinski definition) is 3. The van der Waals surface area contributed by atoms with Gasteiger partial charge in [-0.05, 0) is 31.5 Å². The van der Waals surface area contributed by atoms with Crippen LogP contribution in [0, 0.1) is 0 Å². The molecular weight excluding hydrogens is 208 g/mol. The smallest absolute Gasteiger partial charge is 0.308 e. The van der Waals surface area contributed by atoms with Crippen LogP contribution in [0.2, 0.25) is 0 Å². The molecule has 4 heteroatoms. The third-order valence-electron chi connectivity index (χ3n) is 2.67. The number of thiazole rings is 1. The van der Waals surface area contributed by atoms with Crippen LogP contribution < -0.4 is 10.6 Å². The summed E-state index contributed by atoms with van der Waals surface area (Å²) in [5, 5.41) is 0. The number of benzene rings is 1. The van der Waals surface area contributed by atoms with Gasteiger partial charge in [-0.3, -0.25) is 9.36 Å². The van der Waals surface area contributed by atoms with Crippen LogP contribution in [0.1, 0.15) is 26.3 Å². The highest BCUT2D eigenvalue weighted by atomic mass is 32.1. The quantitative estimate of drug-likeness (QED) is 0.794. The molecule has 0 spiro atoms. The Hall–Kier alpha value is -1.29. The van der Waals surface area contributed by atoms with Gasteiger partial charge in [0.1, 0.15) is 0 Å². The van der Waals surface area contributed by atoms with E-state index in [0.717, 1.165) is 16.6 Å². The molecule has 0 bridgehead atoms. The van der Waals surface area contributed by atoms with Crippen LogP contribution in [-0.4, -0.2) is 4.57 Å². The predicted molar refractivity (Wildman–Crippen MR) is 65.5 cm³/mol. The van der Waals surface area contributed by atoms with E-state index in [1.54, 1.807) is 0 Å². The second-order valence-electron chi connectivity index (χ2n) is 3.72. The minimum absolute atomic E-state index is 0.102. The number of nitrogens with zero attached hydrogens (tertiary/aromatic N) is 1. The fraction of sp³-hybridized carbons (Fsp3) is 0.364. The molecule has 0 aliphatic carbocycles. The van der Waals surface area contributed by atoms with Crippen LogP contribution >= 0.6 is 11.3 Å². The minimum Gasteiger partial charge on any atom is -0.399 e. The first-order chi connectivity index (χ1) is 7.13. The van der Waals surface area contributed by atoms with Crippen LogP contribution in [0.15, 0.2) is 23.0 Å². The third kappa shape index (κ3) is 1.65. The van der Waals surface area contributed by atoms with Gasteiger partial charge < -0.3 is 5.73 Å². The average Bonchev–Trinajstić information content (AvgIpc) is 2.52. The zero-order chi connectivity index (χ0) is 11.0. The van der Waals surface area contributed by atoms with Gasteiger partial charge in [0.05, 0.1) is 10.2 Å². The third-order valence-corrected chi connectivity index (χ3v) is 3.60. The SMILES string of the molecule is CC[C@@H](C)n1c(=O)sc2ccc(N)cc21. The second kappa shape index (κ2) is 3.70. The van der Waals surface area contributed by atoms with E-state index in [0.29, 0.717) is 5.69 Å². The standard InChI is InChI=1S/C11H14N2OS/c1-3-7(2)13-9-6-8(12)4-5-10(9)15-11(13)14/h4-7H,3,12H2,1-2H3/t7-/m1/s1. The molecule has 0 saturated heterocycles. The number of nitrogen functional groups attached to an aromatic ring is 1. The summed E-state index contributed by atoms with van der Waals surface area (Å²) in [5.74, 6) is 0. The van der Waals surface area contributed by atoms with E-state index in [1.165, 1.54) is 11.3 Å². The average molecular weight is 222 g/mol. The Balaban J connectivity index is 2.76. The molecule has 2 N–H and O–H groups in total. The van der Waals surface area contributed by atoms with E-state index in [9.17, 15) is 4.79 Å². The van der Waals surface area contributed by atoms with E-state index in [1.807, 2.05) is 22.8 Å². The highest BCUT2D eigenvalue weighted by Crippen LogP contribution is 2.23. The normalized spacial score (nSPS) is 13.2. The Morgan fingerprint density at radius 2 is 2.27 bits per heavy atom. The molecule has 0 aliphatic rings. The first kappa shape index (κ1) is 10.2. The number of rotatable bonds is 2. The maximum absolute atomic E-state index is 11.8. The molecule has 2 aromatic rings. The van der Waals surface area contributed by atoms with Crippen molar-refractivity contribution in [2.45, 2.75) is 26.3 Å². The highest BCUT2D eigenvalue weighted by Gasteiger charge is 2.11. The van der Waals surface area contributed by atoms with Crippen molar-refractivity contribution in [2.75, 3.05) is 5.73 Å². The Bertz CT molecular complexity index is 541. The summed E-state index contributed by atoms with van der Waals surface area (Å²) in [6.07, 6.45) is 0.945. The maximum Gasteiger partial charge on any atom is 0.308 e. The van der Waals surface area contributed by atoms with Gasteiger partial charge in [-0.2, -0.15) is 0 Å². The number of nitrogens with two attached hydrogens (primary N) is 1. The molecule has 0 aliphatic heterocycles. The van der Waals surface area contributed by atoms with Gasteiger partial charge >= 0.3 is 4.87 Å². The topological polar surface area (TPSA) is 48.0 Å². The highest BCUT2D eigenvalue weighted by molar-refractivity contribution is 7.16. The lowest BCUT2D eigenvalue weighted by atomic mass is 10.2. The van der Waals surface area contributed by atoms with Crippen molar-refractivity contribution < 1.29 is 0 Å². The molecule has 0 saturated carbocycles. The molecule has 0 amide bonds. The van der Waals surface area contributed by atoms with Gasteiger partial charge in [-0.25, -0.2) is 0 Å². The Morgan fingerprint density at radius 3 is 2.93 bits per heavy atom. The Morgan fingerprint density at radius 1 is 1.53 bits per heavy atom. The first-order valence-corrected chi connectivity index (χ1v) is 5.85. The molecule has 1 aromatic heterocycles. The number of hydrogen-bond donors (Lipinski definition) is 1. The van der Waals surface area contributed by atoms with Gasteiger partial charge in [-0.1, -0.05) is 18.3 Å². The van der Waals surface area contributed by atoms with Crippen molar-refractivity contribution in [3.63, 3.8) is 0 Å². The molecule has 0 unspecified atom stereocenters. The molecule has 15 heavy (non-hydrogen) atoms. The summed E-state index contributed by atoms with van der Waals surface area (Å²) in [6, 6.07) is 5.85. The lowest BCUT2D eigenvalue weighted by Gasteiger charge is -2.10. The van der Waals surface area contributed by atoms with Crippen molar-refractivity contribution in [3.05, 3.63) is 27.9 Å². The fourth-order valence-corrected chi connectivity index (χ4v) is 2.61. The molecule has 1 aromatic carbocycles. The summed E-state index contributed by atoms with van der Waals surface area (Å²) >= 11 is 1.28. The van der Waals surface area contributed by atoms with Gasteiger partial charge in [0.15, 0.2) is 0 Å². The molecule has 1 atom stereocenters. The van der Waals surface area contributed by atoms with Gasteiger partial charge in [0, 0.05) is 11.7 Å². The van der Waals surface area contributed by atoms with Crippen molar-refractivity contribution in [1.29, 1.82) is 0 Å². The van der Waals surface area contributed by atoms with Crippen molar-refractivity contribution in [3.8, 4) is 0 Å². The molecule has 1 heterocycles. The number of anilines is 1. The van der Waals surface area contributed by atoms with Gasteiger partial charge in [0.2, 0.25) is 0 Å². The number of fused-ring (bicyclic) bond motifs is 1. The van der Waals surface area contributed by atoms with Gasteiger partial charge in [0.25, 0.3) is 0 Å².